The molecular weight excluding hydrogens is 226 g/mol. The van der Waals surface area contributed by atoms with Crippen molar-refractivity contribution in [3.63, 3.8) is 0 Å². The van der Waals surface area contributed by atoms with Crippen LogP contribution in [0.15, 0.2) is 30.3 Å². The second-order valence-corrected chi connectivity index (χ2v) is 3.60. The minimum absolute atomic E-state index is 0. The van der Waals surface area contributed by atoms with E-state index in [0.29, 0.717) is 0 Å². The van der Waals surface area contributed by atoms with Gasteiger partial charge in [0, 0.05) is 6.54 Å². The monoisotopic (exact) mass is 243 g/mol. The van der Waals surface area contributed by atoms with Gasteiger partial charge in [-0.15, -0.1) is 12.4 Å². The average Bonchev–Trinajstić information content (AvgIpc) is 2.28. The van der Waals surface area contributed by atoms with Crippen LogP contribution in [0.25, 0.3) is 0 Å². The van der Waals surface area contributed by atoms with Gasteiger partial charge in [-0.25, -0.2) is 0 Å². The Hall–Kier alpha value is -1.06. The van der Waals surface area contributed by atoms with Crippen LogP contribution in [0.4, 0.5) is 0 Å². The zero-order chi connectivity index (χ0) is 11.3. The minimum Gasteiger partial charge on any atom is -0.468 e. The van der Waals surface area contributed by atoms with Gasteiger partial charge < -0.3 is 4.74 Å². The summed E-state index contributed by atoms with van der Waals surface area (Å²) in [7, 11) is 3.32. The zero-order valence-corrected chi connectivity index (χ0v) is 10.7. The summed E-state index contributed by atoms with van der Waals surface area (Å²) in [5.41, 5.74) is 1.19. The molecule has 0 radical (unpaired) electrons. The second-order valence-electron chi connectivity index (χ2n) is 3.60. The molecule has 1 rings (SSSR count). The first-order valence-electron chi connectivity index (χ1n) is 4.97. The van der Waals surface area contributed by atoms with Crippen molar-refractivity contribution in [1.82, 2.24) is 4.90 Å². The molecule has 0 amide bonds. The molecule has 0 heterocycles. The van der Waals surface area contributed by atoms with E-state index in [2.05, 4.69) is 0 Å². The highest BCUT2D eigenvalue weighted by atomic mass is 35.5. The van der Waals surface area contributed by atoms with Crippen LogP contribution >= 0.6 is 12.4 Å². The van der Waals surface area contributed by atoms with Crippen LogP contribution in [0.3, 0.4) is 0 Å². The van der Waals surface area contributed by atoms with Crippen molar-refractivity contribution < 1.29 is 9.53 Å². The van der Waals surface area contributed by atoms with Gasteiger partial charge in [0.25, 0.3) is 0 Å². The van der Waals surface area contributed by atoms with Crippen LogP contribution in [0.2, 0.25) is 0 Å². The number of halogens is 1. The molecule has 0 spiro atoms. The average molecular weight is 244 g/mol. The van der Waals surface area contributed by atoms with Crippen molar-refractivity contribution in [2.45, 2.75) is 19.5 Å². The lowest BCUT2D eigenvalue weighted by Gasteiger charge is -2.22. The Kier molecular flexibility index (Phi) is 6.77. The van der Waals surface area contributed by atoms with Crippen molar-refractivity contribution >= 4 is 18.4 Å². The summed E-state index contributed by atoms with van der Waals surface area (Å²) in [5.74, 6) is -0.201. The quantitative estimate of drug-likeness (QED) is 0.759. The van der Waals surface area contributed by atoms with E-state index in [1.165, 1.54) is 12.7 Å². The molecule has 0 fully saturated rings. The standard InChI is InChI=1S/C12H17NO2.ClH/c1-10(12(14)15-3)13(2)9-11-7-5-4-6-8-11;/h4-8,10H,9H2,1-3H3;1H/t10-;/m1./s1. The highest BCUT2D eigenvalue weighted by Crippen LogP contribution is 2.06. The molecule has 1 atom stereocenters. The fraction of sp³-hybridized carbons (Fsp3) is 0.417. The number of benzene rings is 1. The predicted molar refractivity (Wildman–Crippen MR) is 66.6 cm³/mol. The summed E-state index contributed by atoms with van der Waals surface area (Å²) in [6.45, 7) is 2.59. The van der Waals surface area contributed by atoms with E-state index >= 15 is 0 Å². The van der Waals surface area contributed by atoms with Crippen molar-refractivity contribution in [1.29, 1.82) is 0 Å². The van der Waals surface area contributed by atoms with Crippen molar-refractivity contribution in [2.75, 3.05) is 14.2 Å². The van der Waals surface area contributed by atoms with E-state index in [-0.39, 0.29) is 24.4 Å². The third-order valence-corrected chi connectivity index (χ3v) is 2.48. The topological polar surface area (TPSA) is 29.5 Å². The molecular formula is C12H18ClNO2. The lowest BCUT2D eigenvalue weighted by Crippen LogP contribution is -2.36. The molecule has 0 saturated carbocycles. The highest BCUT2D eigenvalue weighted by molar-refractivity contribution is 5.85. The number of esters is 1. The number of carbonyl (C=O) groups excluding carboxylic acids is 1. The molecule has 0 aliphatic carbocycles. The first-order chi connectivity index (χ1) is 7.15. The van der Waals surface area contributed by atoms with Crippen LogP contribution in [0.1, 0.15) is 12.5 Å². The molecule has 0 aromatic heterocycles. The van der Waals surface area contributed by atoms with E-state index in [0.717, 1.165) is 6.54 Å². The normalized spacial score (nSPS) is 11.8. The Morgan fingerprint density at radius 2 is 1.94 bits per heavy atom. The van der Waals surface area contributed by atoms with Gasteiger partial charge in [0.1, 0.15) is 6.04 Å². The third kappa shape index (κ3) is 4.21. The summed E-state index contributed by atoms with van der Waals surface area (Å²) >= 11 is 0. The smallest absolute Gasteiger partial charge is 0.322 e. The molecule has 0 N–H and O–H groups in total. The summed E-state index contributed by atoms with van der Waals surface area (Å²) < 4.78 is 4.69. The number of ether oxygens (including phenoxy) is 1. The second kappa shape index (κ2) is 7.25. The molecule has 1 aromatic carbocycles. The Balaban J connectivity index is 0.00000225. The molecule has 0 bridgehead atoms. The van der Waals surface area contributed by atoms with Crippen LogP contribution < -0.4 is 0 Å². The first-order valence-corrected chi connectivity index (χ1v) is 4.97. The van der Waals surface area contributed by atoms with E-state index in [4.69, 9.17) is 4.74 Å². The fourth-order valence-corrected chi connectivity index (χ4v) is 1.36. The summed E-state index contributed by atoms with van der Waals surface area (Å²) in [6.07, 6.45) is 0. The number of methoxy groups -OCH3 is 1. The number of nitrogens with zero attached hydrogens (tertiary/aromatic N) is 1. The van der Waals surface area contributed by atoms with Gasteiger partial charge in [-0.05, 0) is 19.5 Å². The van der Waals surface area contributed by atoms with Crippen molar-refractivity contribution in [2.24, 2.45) is 0 Å². The molecule has 90 valence electrons. The lowest BCUT2D eigenvalue weighted by molar-refractivity contribution is -0.145. The number of carbonyl (C=O) groups is 1. The van der Waals surface area contributed by atoms with Gasteiger partial charge in [0.05, 0.1) is 7.11 Å². The predicted octanol–water partition coefficient (Wildman–Crippen LogP) is 2.10. The summed E-state index contributed by atoms with van der Waals surface area (Å²) in [6, 6.07) is 9.84. The summed E-state index contributed by atoms with van der Waals surface area (Å²) in [4.78, 5) is 13.2. The number of rotatable bonds is 4. The fourth-order valence-electron chi connectivity index (χ4n) is 1.36. The first kappa shape index (κ1) is 14.9. The van der Waals surface area contributed by atoms with Gasteiger partial charge in [0.15, 0.2) is 0 Å². The Morgan fingerprint density at radius 1 is 1.38 bits per heavy atom. The van der Waals surface area contributed by atoms with Gasteiger partial charge in [-0.1, -0.05) is 30.3 Å². The lowest BCUT2D eigenvalue weighted by atomic mass is 10.2. The van der Waals surface area contributed by atoms with Crippen molar-refractivity contribution in [3.8, 4) is 0 Å². The molecule has 4 heteroatoms. The van der Waals surface area contributed by atoms with Gasteiger partial charge in [-0.3, -0.25) is 9.69 Å². The van der Waals surface area contributed by atoms with E-state index in [1.54, 1.807) is 0 Å². The maximum atomic E-state index is 11.3. The van der Waals surface area contributed by atoms with Crippen LogP contribution in [-0.2, 0) is 16.1 Å². The Bertz CT molecular complexity index is 316. The maximum absolute atomic E-state index is 11.3. The molecule has 1 aromatic rings. The number of hydrogen-bond acceptors (Lipinski definition) is 3. The third-order valence-electron chi connectivity index (χ3n) is 2.48. The maximum Gasteiger partial charge on any atom is 0.322 e. The highest BCUT2D eigenvalue weighted by Gasteiger charge is 2.17. The molecule has 0 unspecified atom stereocenters. The molecule has 0 aliphatic rings. The summed E-state index contributed by atoms with van der Waals surface area (Å²) in [5, 5.41) is 0. The molecule has 16 heavy (non-hydrogen) atoms. The van der Waals surface area contributed by atoms with E-state index in [1.807, 2.05) is 49.2 Å². The number of hydrogen-bond donors (Lipinski definition) is 0. The van der Waals surface area contributed by atoms with Gasteiger partial charge in [-0.2, -0.15) is 0 Å². The Labute approximate surface area is 103 Å². The minimum atomic E-state index is -0.213. The number of likely N-dealkylation sites (N-methyl/N-ethyl adjacent to an activating group) is 1. The Morgan fingerprint density at radius 3 is 2.44 bits per heavy atom. The molecule has 0 aliphatic heterocycles. The SMILES string of the molecule is COC(=O)[C@@H](C)N(C)Cc1ccccc1.Cl. The van der Waals surface area contributed by atoms with Crippen LogP contribution in [-0.4, -0.2) is 31.1 Å². The van der Waals surface area contributed by atoms with Gasteiger partial charge in [0.2, 0.25) is 0 Å². The van der Waals surface area contributed by atoms with E-state index in [9.17, 15) is 4.79 Å². The van der Waals surface area contributed by atoms with Crippen molar-refractivity contribution in [3.05, 3.63) is 35.9 Å². The molecule has 3 nitrogen and oxygen atoms in total. The zero-order valence-electron chi connectivity index (χ0n) is 9.84. The van der Waals surface area contributed by atoms with Gasteiger partial charge >= 0.3 is 5.97 Å². The molecule has 0 saturated heterocycles. The van der Waals surface area contributed by atoms with Crippen LogP contribution in [0, 0.1) is 0 Å². The largest absolute Gasteiger partial charge is 0.468 e. The van der Waals surface area contributed by atoms with E-state index < -0.39 is 0 Å². The van der Waals surface area contributed by atoms with Crippen LogP contribution in [0.5, 0.6) is 0 Å².